The maximum Gasteiger partial charge on any atom is 0.0932 e. The Balaban J connectivity index is 2.47. The average molecular weight is 220 g/mol. The lowest BCUT2D eigenvalue weighted by molar-refractivity contribution is 0.0763. The SMILES string of the molecule is COC1(c2ccccc2C(C)(C)CO)CC1. The van der Waals surface area contributed by atoms with E-state index in [1.54, 1.807) is 7.11 Å². The van der Waals surface area contributed by atoms with Crippen molar-refractivity contribution in [3.05, 3.63) is 35.4 Å². The van der Waals surface area contributed by atoms with E-state index in [1.165, 1.54) is 11.1 Å². The molecular weight excluding hydrogens is 200 g/mol. The van der Waals surface area contributed by atoms with Crippen molar-refractivity contribution in [2.24, 2.45) is 0 Å². The van der Waals surface area contributed by atoms with Gasteiger partial charge in [-0.25, -0.2) is 0 Å². The van der Waals surface area contributed by atoms with Gasteiger partial charge in [0.05, 0.1) is 12.2 Å². The van der Waals surface area contributed by atoms with Crippen LogP contribution in [-0.4, -0.2) is 18.8 Å². The Morgan fingerprint density at radius 1 is 1.31 bits per heavy atom. The predicted molar refractivity (Wildman–Crippen MR) is 64.5 cm³/mol. The van der Waals surface area contributed by atoms with Gasteiger partial charge in [-0.15, -0.1) is 0 Å². The zero-order valence-electron chi connectivity index (χ0n) is 10.3. The van der Waals surface area contributed by atoms with E-state index in [-0.39, 0.29) is 17.6 Å². The molecule has 2 heteroatoms. The standard InChI is InChI=1S/C14H20O2/c1-13(2,10-15)11-6-4-5-7-12(11)14(16-3)8-9-14/h4-7,15H,8-10H2,1-3H3. The van der Waals surface area contributed by atoms with Gasteiger partial charge in [0.25, 0.3) is 0 Å². The van der Waals surface area contributed by atoms with E-state index in [0.717, 1.165) is 12.8 Å². The number of hydrogen-bond acceptors (Lipinski definition) is 2. The van der Waals surface area contributed by atoms with Gasteiger partial charge in [-0.1, -0.05) is 38.1 Å². The molecule has 88 valence electrons. The summed E-state index contributed by atoms with van der Waals surface area (Å²) in [5.74, 6) is 0. The molecule has 1 aromatic rings. The van der Waals surface area contributed by atoms with E-state index in [9.17, 15) is 5.11 Å². The Morgan fingerprint density at radius 2 is 1.94 bits per heavy atom. The molecule has 1 fully saturated rings. The smallest absolute Gasteiger partial charge is 0.0932 e. The van der Waals surface area contributed by atoms with Crippen LogP contribution >= 0.6 is 0 Å². The van der Waals surface area contributed by atoms with Crippen molar-refractivity contribution in [3.63, 3.8) is 0 Å². The summed E-state index contributed by atoms with van der Waals surface area (Å²) < 4.78 is 5.63. The molecule has 0 aliphatic heterocycles. The van der Waals surface area contributed by atoms with Crippen molar-refractivity contribution in [1.29, 1.82) is 0 Å². The molecule has 1 N–H and O–H groups in total. The van der Waals surface area contributed by atoms with Gasteiger partial charge in [-0.05, 0) is 24.0 Å². The van der Waals surface area contributed by atoms with E-state index in [0.29, 0.717) is 0 Å². The maximum atomic E-state index is 9.49. The van der Waals surface area contributed by atoms with Crippen LogP contribution in [0.3, 0.4) is 0 Å². The lowest BCUT2D eigenvalue weighted by atomic mass is 9.80. The summed E-state index contributed by atoms with van der Waals surface area (Å²) in [6.45, 7) is 4.29. The van der Waals surface area contributed by atoms with Crippen LogP contribution in [0.5, 0.6) is 0 Å². The van der Waals surface area contributed by atoms with E-state index < -0.39 is 0 Å². The van der Waals surface area contributed by atoms with Crippen LogP contribution in [0.4, 0.5) is 0 Å². The Labute approximate surface area is 97.3 Å². The molecule has 0 heterocycles. The van der Waals surface area contributed by atoms with E-state index in [1.807, 2.05) is 12.1 Å². The summed E-state index contributed by atoms with van der Waals surface area (Å²) in [6, 6.07) is 8.31. The highest BCUT2D eigenvalue weighted by molar-refractivity contribution is 5.40. The van der Waals surface area contributed by atoms with Crippen molar-refractivity contribution in [1.82, 2.24) is 0 Å². The summed E-state index contributed by atoms with van der Waals surface area (Å²) in [6.07, 6.45) is 2.17. The van der Waals surface area contributed by atoms with Crippen LogP contribution in [0.1, 0.15) is 37.8 Å². The first kappa shape index (κ1) is 11.6. The highest BCUT2D eigenvalue weighted by Crippen LogP contribution is 2.51. The quantitative estimate of drug-likeness (QED) is 0.845. The molecule has 0 saturated heterocycles. The summed E-state index contributed by atoms with van der Waals surface area (Å²) in [4.78, 5) is 0. The highest BCUT2D eigenvalue weighted by Gasteiger charge is 2.47. The summed E-state index contributed by atoms with van der Waals surface area (Å²) in [7, 11) is 1.77. The maximum absolute atomic E-state index is 9.49. The molecule has 1 aromatic carbocycles. The minimum Gasteiger partial charge on any atom is -0.395 e. The van der Waals surface area contributed by atoms with Gasteiger partial charge in [0.2, 0.25) is 0 Å². The Hall–Kier alpha value is -0.860. The zero-order chi connectivity index (χ0) is 11.8. The fourth-order valence-electron chi connectivity index (χ4n) is 2.25. The molecule has 16 heavy (non-hydrogen) atoms. The predicted octanol–water partition coefficient (Wildman–Crippen LogP) is 2.59. The monoisotopic (exact) mass is 220 g/mol. The van der Waals surface area contributed by atoms with Crippen molar-refractivity contribution in [3.8, 4) is 0 Å². The summed E-state index contributed by atoms with van der Waals surface area (Å²) in [5.41, 5.74) is 2.17. The largest absolute Gasteiger partial charge is 0.395 e. The number of benzene rings is 1. The van der Waals surface area contributed by atoms with Gasteiger partial charge in [0.15, 0.2) is 0 Å². The molecule has 2 nitrogen and oxygen atoms in total. The first-order valence-electron chi connectivity index (χ1n) is 5.82. The highest BCUT2D eigenvalue weighted by atomic mass is 16.5. The number of methoxy groups -OCH3 is 1. The van der Waals surface area contributed by atoms with Crippen LogP contribution in [-0.2, 0) is 15.8 Å². The Morgan fingerprint density at radius 3 is 2.44 bits per heavy atom. The van der Waals surface area contributed by atoms with Crippen LogP contribution < -0.4 is 0 Å². The lowest BCUT2D eigenvalue weighted by Crippen LogP contribution is -2.26. The van der Waals surface area contributed by atoms with Crippen LogP contribution in [0.15, 0.2) is 24.3 Å². The van der Waals surface area contributed by atoms with Crippen molar-refractivity contribution in [2.45, 2.75) is 37.7 Å². The molecule has 0 bridgehead atoms. The number of ether oxygens (including phenoxy) is 1. The molecular formula is C14H20O2. The molecule has 1 saturated carbocycles. The van der Waals surface area contributed by atoms with Gasteiger partial charge in [-0.2, -0.15) is 0 Å². The van der Waals surface area contributed by atoms with Crippen molar-refractivity contribution >= 4 is 0 Å². The molecule has 0 spiro atoms. The van der Waals surface area contributed by atoms with E-state index in [2.05, 4.69) is 26.0 Å². The zero-order valence-corrected chi connectivity index (χ0v) is 10.3. The van der Waals surface area contributed by atoms with E-state index >= 15 is 0 Å². The molecule has 0 amide bonds. The molecule has 0 aromatic heterocycles. The van der Waals surface area contributed by atoms with Gasteiger partial charge in [0.1, 0.15) is 0 Å². The number of aliphatic hydroxyl groups is 1. The first-order chi connectivity index (χ1) is 7.56. The molecule has 0 atom stereocenters. The fourth-order valence-corrected chi connectivity index (χ4v) is 2.25. The number of rotatable bonds is 4. The second-order valence-electron chi connectivity index (χ2n) is 5.29. The van der Waals surface area contributed by atoms with Crippen LogP contribution in [0.2, 0.25) is 0 Å². The van der Waals surface area contributed by atoms with Gasteiger partial charge >= 0.3 is 0 Å². The lowest BCUT2D eigenvalue weighted by Gasteiger charge is -2.28. The first-order valence-corrected chi connectivity index (χ1v) is 5.82. The third-order valence-corrected chi connectivity index (χ3v) is 3.64. The van der Waals surface area contributed by atoms with Gasteiger partial charge in [-0.3, -0.25) is 0 Å². The van der Waals surface area contributed by atoms with E-state index in [4.69, 9.17) is 4.74 Å². The molecule has 1 aliphatic carbocycles. The third kappa shape index (κ3) is 1.76. The summed E-state index contributed by atoms with van der Waals surface area (Å²) >= 11 is 0. The molecule has 0 unspecified atom stereocenters. The van der Waals surface area contributed by atoms with Crippen LogP contribution in [0.25, 0.3) is 0 Å². The second kappa shape index (κ2) is 3.86. The van der Waals surface area contributed by atoms with Gasteiger partial charge < -0.3 is 9.84 Å². The third-order valence-electron chi connectivity index (χ3n) is 3.64. The second-order valence-corrected chi connectivity index (χ2v) is 5.29. The molecule has 0 radical (unpaired) electrons. The van der Waals surface area contributed by atoms with Crippen LogP contribution in [0, 0.1) is 0 Å². The number of hydrogen-bond donors (Lipinski definition) is 1. The minimum atomic E-state index is -0.204. The normalized spacial score (nSPS) is 18.5. The number of aliphatic hydroxyl groups excluding tert-OH is 1. The molecule has 1 aliphatic rings. The summed E-state index contributed by atoms with van der Waals surface area (Å²) in [5, 5.41) is 9.49. The average Bonchev–Trinajstić information content (AvgIpc) is 3.10. The topological polar surface area (TPSA) is 29.5 Å². The fraction of sp³-hybridized carbons (Fsp3) is 0.571. The Bertz CT molecular complexity index is 353. The van der Waals surface area contributed by atoms with Gasteiger partial charge in [0, 0.05) is 12.5 Å². The van der Waals surface area contributed by atoms with Crippen molar-refractivity contribution < 1.29 is 9.84 Å². The Kier molecular flexibility index (Phi) is 2.81. The molecule has 2 rings (SSSR count). The van der Waals surface area contributed by atoms with Crippen molar-refractivity contribution in [2.75, 3.05) is 13.7 Å². The minimum absolute atomic E-state index is 0.0803.